The lowest BCUT2D eigenvalue weighted by atomic mass is 9.68. The lowest BCUT2D eigenvalue weighted by molar-refractivity contribution is 0.162. The first kappa shape index (κ1) is 13.5. The van der Waals surface area contributed by atoms with Gasteiger partial charge in [0.05, 0.1) is 0 Å². The van der Waals surface area contributed by atoms with Gasteiger partial charge in [-0.1, -0.05) is 20.8 Å². The van der Waals surface area contributed by atoms with E-state index in [9.17, 15) is 0 Å². The Labute approximate surface area is 110 Å². The van der Waals surface area contributed by atoms with E-state index in [4.69, 9.17) is 5.73 Å². The summed E-state index contributed by atoms with van der Waals surface area (Å²) < 4.78 is 2.01. The molecule has 4 nitrogen and oxygen atoms in total. The Kier molecular flexibility index (Phi) is 3.76. The van der Waals surface area contributed by atoms with Crippen LogP contribution < -0.4 is 5.73 Å². The Morgan fingerprint density at radius 3 is 2.56 bits per heavy atom. The van der Waals surface area contributed by atoms with Crippen LogP contribution in [0.5, 0.6) is 0 Å². The maximum atomic E-state index is 6.56. The SMILES string of the molecule is CCCn1ncnc1CC1(N)CCC(C)(C)CC1. The van der Waals surface area contributed by atoms with Crippen molar-refractivity contribution in [2.75, 3.05) is 0 Å². The van der Waals surface area contributed by atoms with Gasteiger partial charge in [0.2, 0.25) is 0 Å². The standard InChI is InChI=1S/C14H26N4/c1-4-9-18-12(16-11-17-18)10-14(15)7-5-13(2,3)6-8-14/h11H,4-10,15H2,1-3H3. The summed E-state index contributed by atoms with van der Waals surface area (Å²) >= 11 is 0. The van der Waals surface area contributed by atoms with Crippen molar-refractivity contribution in [1.82, 2.24) is 14.8 Å². The highest BCUT2D eigenvalue weighted by Gasteiger charge is 2.36. The first-order chi connectivity index (χ1) is 8.44. The lowest BCUT2D eigenvalue weighted by Crippen LogP contribution is -2.47. The minimum absolute atomic E-state index is 0.0754. The quantitative estimate of drug-likeness (QED) is 0.893. The van der Waals surface area contributed by atoms with Crippen LogP contribution in [0.25, 0.3) is 0 Å². The Balaban J connectivity index is 2.02. The van der Waals surface area contributed by atoms with Gasteiger partial charge in [0.15, 0.2) is 0 Å². The minimum Gasteiger partial charge on any atom is -0.325 e. The van der Waals surface area contributed by atoms with Crippen LogP contribution in [0.4, 0.5) is 0 Å². The van der Waals surface area contributed by atoms with Crippen LogP contribution in [0, 0.1) is 5.41 Å². The third kappa shape index (κ3) is 3.10. The summed E-state index contributed by atoms with van der Waals surface area (Å²) in [6, 6.07) is 0. The Morgan fingerprint density at radius 2 is 1.94 bits per heavy atom. The molecular weight excluding hydrogens is 224 g/mol. The largest absolute Gasteiger partial charge is 0.325 e. The Bertz CT molecular complexity index is 384. The molecule has 2 N–H and O–H groups in total. The topological polar surface area (TPSA) is 56.7 Å². The molecule has 0 aliphatic heterocycles. The predicted molar refractivity (Wildman–Crippen MR) is 73.2 cm³/mol. The normalized spacial score (nSPS) is 22.0. The molecule has 0 amide bonds. The Hall–Kier alpha value is -0.900. The van der Waals surface area contributed by atoms with Crippen molar-refractivity contribution < 1.29 is 0 Å². The van der Waals surface area contributed by atoms with Crippen LogP contribution in [0.2, 0.25) is 0 Å². The molecule has 1 aromatic rings. The van der Waals surface area contributed by atoms with Crippen LogP contribution in [-0.4, -0.2) is 20.3 Å². The number of rotatable bonds is 4. The van der Waals surface area contributed by atoms with Crippen molar-refractivity contribution in [3.05, 3.63) is 12.2 Å². The smallest absolute Gasteiger partial charge is 0.138 e. The molecule has 18 heavy (non-hydrogen) atoms. The lowest BCUT2D eigenvalue weighted by Gasteiger charge is -2.41. The van der Waals surface area contributed by atoms with Crippen molar-refractivity contribution in [2.24, 2.45) is 11.1 Å². The van der Waals surface area contributed by atoms with E-state index in [1.165, 1.54) is 12.8 Å². The zero-order chi connectivity index (χ0) is 13.2. The summed E-state index contributed by atoms with van der Waals surface area (Å²) in [6.45, 7) is 7.78. The minimum atomic E-state index is -0.0754. The van der Waals surface area contributed by atoms with Gasteiger partial charge in [-0.05, 0) is 37.5 Å². The van der Waals surface area contributed by atoms with Gasteiger partial charge in [0.25, 0.3) is 0 Å². The van der Waals surface area contributed by atoms with Crippen molar-refractivity contribution in [3.63, 3.8) is 0 Å². The molecule has 1 aromatic heterocycles. The first-order valence-corrected chi connectivity index (χ1v) is 7.10. The zero-order valence-corrected chi connectivity index (χ0v) is 11.9. The molecule has 0 saturated heterocycles. The summed E-state index contributed by atoms with van der Waals surface area (Å²) in [5.41, 5.74) is 6.94. The molecular formula is C14H26N4. The van der Waals surface area contributed by atoms with E-state index >= 15 is 0 Å². The van der Waals surface area contributed by atoms with E-state index in [0.29, 0.717) is 5.41 Å². The molecule has 1 saturated carbocycles. The highest BCUT2D eigenvalue weighted by atomic mass is 15.3. The second kappa shape index (κ2) is 5.00. The monoisotopic (exact) mass is 250 g/mol. The third-order valence-electron chi connectivity index (χ3n) is 4.24. The average Bonchev–Trinajstić information content (AvgIpc) is 2.72. The van der Waals surface area contributed by atoms with E-state index < -0.39 is 0 Å². The molecule has 2 rings (SSSR count). The number of hydrogen-bond donors (Lipinski definition) is 1. The average molecular weight is 250 g/mol. The summed E-state index contributed by atoms with van der Waals surface area (Å²) in [6.07, 6.45) is 8.22. The first-order valence-electron chi connectivity index (χ1n) is 7.10. The van der Waals surface area contributed by atoms with Gasteiger partial charge in [-0.15, -0.1) is 0 Å². The molecule has 1 aliphatic carbocycles. The summed E-state index contributed by atoms with van der Waals surface area (Å²) in [4.78, 5) is 4.38. The van der Waals surface area contributed by atoms with Gasteiger partial charge < -0.3 is 5.73 Å². The maximum Gasteiger partial charge on any atom is 0.138 e. The van der Waals surface area contributed by atoms with Crippen LogP contribution in [0.15, 0.2) is 6.33 Å². The predicted octanol–water partition coefficient (Wildman–Crippen LogP) is 2.53. The third-order valence-corrected chi connectivity index (χ3v) is 4.24. The second-order valence-electron chi connectivity index (χ2n) is 6.60. The van der Waals surface area contributed by atoms with E-state index in [0.717, 1.165) is 38.1 Å². The number of aromatic nitrogens is 3. The summed E-state index contributed by atoms with van der Waals surface area (Å²) in [7, 11) is 0. The molecule has 0 spiro atoms. The molecule has 0 radical (unpaired) electrons. The van der Waals surface area contributed by atoms with Gasteiger partial charge >= 0.3 is 0 Å². The van der Waals surface area contributed by atoms with E-state index in [-0.39, 0.29) is 5.54 Å². The van der Waals surface area contributed by atoms with E-state index in [1.54, 1.807) is 6.33 Å². The van der Waals surface area contributed by atoms with Gasteiger partial charge in [0.1, 0.15) is 12.2 Å². The maximum absolute atomic E-state index is 6.56. The van der Waals surface area contributed by atoms with Gasteiger partial charge in [0, 0.05) is 18.5 Å². The number of aryl methyl sites for hydroxylation is 1. The van der Waals surface area contributed by atoms with Crippen LogP contribution in [-0.2, 0) is 13.0 Å². The van der Waals surface area contributed by atoms with Crippen LogP contribution in [0.3, 0.4) is 0 Å². The molecule has 1 heterocycles. The van der Waals surface area contributed by atoms with E-state index in [2.05, 4.69) is 30.9 Å². The molecule has 4 heteroatoms. The fourth-order valence-corrected chi connectivity index (χ4v) is 2.74. The second-order valence-corrected chi connectivity index (χ2v) is 6.60. The van der Waals surface area contributed by atoms with Gasteiger partial charge in [-0.3, -0.25) is 4.68 Å². The summed E-state index contributed by atoms with van der Waals surface area (Å²) in [5, 5.41) is 4.28. The number of nitrogens with two attached hydrogens (primary N) is 1. The van der Waals surface area contributed by atoms with Crippen LogP contribution in [0.1, 0.15) is 58.7 Å². The molecule has 1 fully saturated rings. The van der Waals surface area contributed by atoms with Crippen LogP contribution >= 0.6 is 0 Å². The van der Waals surface area contributed by atoms with Crippen molar-refractivity contribution in [2.45, 2.75) is 71.4 Å². The molecule has 0 bridgehead atoms. The number of hydrogen-bond acceptors (Lipinski definition) is 3. The van der Waals surface area contributed by atoms with Gasteiger partial charge in [-0.2, -0.15) is 5.10 Å². The molecule has 0 atom stereocenters. The van der Waals surface area contributed by atoms with Gasteiger partial charge in [-0.25, -0.2) is 4.98 Å². The molecule has 0 unspecified atom stereocenters. The zero-order valence-electron chi connectivity index (χ0n) is 11.9. The van der Waals surface area contributed by atoms with E-state index in [1.807, 2.05) is 4.68 Å². The number of nitrogens with zero attached hydrogens (tertiary/aromatic N) is 3. The van der Waals surface area contributed by atoms with Crippen molar-refractivity contribution >= 4 is 0 Å². The highest BCUT2D eigenvalue weighted by Crippen LogP contribution is 2.40. The fraction of sp³-hybridized carbons (Fsp3) is 0.857. The van der Waals surface area contributed by atoms with Crippen molar-refractivity contribution in [3.8, 4) is 0 Å². The summed E-state index contributed by atoms with van der Waals surface area (Å²) in [5.74, 6) is 1.05. The van der Waals surface area contributed by atoms with Crippen molar-refractivity contribution in [1.29, 1.82) is 0 Å². The fourth-order valence-electron chi connectivity index (χ4n) is 2.74. The highest BCUT2D eigenvalue weighted by molar-refractivity contribution is 5.01. The molecule has 1 aliphatic rings. The molecule has 102 valence electrons. The Morgan fingerprint density at radius 1 is 1.28 bits per heavy atom. The molecule has 0 aromatic carbocycles.